The molecular formula is C17H14N4O3S. The Morgan fingerprint density at radius 1 is 1.08 bits per heavy atom. The number of nitrogens with zero attached hydrogens (tertiary/aromatic N) is 4. The molecule has 2 aliphatic rings. The van der Waals surface area contributed by atoms with E-state index in [0.717, 1.165) is 45.0 Å². The summed E-state index contributed by atoms with van der Waals surface area (Å²) in [5, 5.41) is 14.1. The number of benzene rings is 1. The maximum atomic E-state index is 5.68. The summed E-state index contributed by atoms with van der Waals surface area (Å²) in [5.74, 6) is 3.74. The van der Waals surface area contributed by atoms with Crippen LogP contribution in [-0.2, 0) is 0 Å². The number of fused-ring (bicyclic) bond motifs is 2. The Balaban J connectivity index is 1.57. The van der Waals surface area contributed by atoms with Gasteiger partial charge in [-0.05, 0) is 31.2 Å². The van der Waals surface area contributed by atoms with Crippen LogP contribution in [0.1, 0.15) is 11.3 Å². The van der Waals surface area contributed by atoms with Crippen molar-refractivity contribution in [2.24, 2.45) is 5.10 Å². The topological polar surface area (TPSA) is 74.7 Å². The van der Waals surface area contributed by atoms with Crippen molar-refractivity contribution in [2.75, 3.05) is 19.0 Å². The second-order valence-corrected chi connectivity index (χ2v) is 6.64. The molecule has 0 saturated carbocycles. The van der Waals surface area contributed by atoms with Gasteiger partial charge in [0.2, 0.25) is 5.16 Å². The van der Waals surface area contributed by atoms with Gasteiger partial charge in [-0.1, -0.05) is 11.8 Å². The van der Waals surface area contributed by atoms with Crippen molar-refractivity contribution in [3.63, 3.8) is 0 Å². The number of rotatable bonds is 2. The van der Waals surface area contributed by atoms with Crippen LogP contribution in [0.5, 0.6) is 11.5 Å². The quantitative estimate of drug-likeness (QED) is 0.704. The smallest absolute Gasteiger partial charge is 0.212 e. The number of aryl methyl sites for hydroxylation is 1. The normalized spacial score (nSPS) is 15.6. The first-order valence-corrected chi connectivity index (χ1v) is 8.89. The molecule has 1 aromatic carbocycles. The molecular weight excluding hydrogens is 340 g/mol. The Morgan fingerprint density at radius 3 is 2.80 bits per heavy atom. The summed E-state index contributed by atoms with van der Waals surface area (Å²) in [7, 11) is 0. The Hall–Kier alpha value is -2.74. The van der Waals surface area contributed by atoms with Crippen molar-refractivity contribution in [3.05, 3.63) is 41.9 Å². The predicted molar refractivity (Wildman–Crippen MR) is 92.6 cm³/mol. The third-order valence-corrected chi connectivity index (χ3v) is 5.08. The molecule has 0 saturated heterocycles. The van der Waals surface area contributed by atoms with Crippen LogP contribution >= 0.6 is 11.8 Å². The van der Waals surface area contributed by atoms with Gasteiger partial charge in [0.05, 0.1) is 17.5 Å². The molecule has 0 fully saturated rings. The van der Waals surface area contributed by atoms with Crippen LogP contribution in [0.2, 0.25) is 0 Å². The van der Waals surface area contributed by atoms with E-state index < -0.39 is 0 Å². The lowest BCUT2D eigenvalue weighted by Crippen LogP contribution is -2.17. The van der Waals surface area contributed by atoms with E-state index in [0.29, 0.717) is 19.0 Å². The fraction of sp³-hybridized carbons (Fsp3) is 0.235. The van der Waals surface area contributed by atoms with E-state index in [-0.39, 0.29) is 0 Å². The Labute approximate surface area is 147 Å². The second-order valence-electron chi connectivity index (χ2n) is 5.70. The van der Waals surface area contributed by atoms with E-state index in [9.17, 15) is 0 Å². The summed E-state index contributed by atoms with van der Waals surface area (Å²) >= 11 is 1.61. The maximum absolute atomic E-state index is 5.68. The summed E-state index contributed by atoms with van der Waals surface area (Å²) in [6, 6.07) is 7.79. The minimum Gasteiger partial charge on any atom is -0.486 e. The molecule has 0 bridgehead atoms. The highest BCUT2D eigenvalue weighted by molar-refractivity contribution is 7.99. The highest BCUT2D eigenvalue weighted by Crippen LogP contribution is 2.34. The maximum Gasteiger partial charge on any atom is 0.212 e. The van der Waals surface area contributed by atoms with Crippen LogP contribution in [0.4, 0.5) is 0 Å². The van der Waals surface area contributed by atoms with Crippen molar-refractivity contribution in [3.8, 4) is 22.9 Å². The minimum atomic E-state index is 0.567. The molecule has 25 heavy (non-hydrogen) atoms. The van der Waals surface area contributed by atoms with Gasteiger partial charge in [-0.15, -0.1) is 10.2 Å². The first kappa shape index (κ1) is 14.6. The molecule has 0 radical (unpaired) electrons. The number of hydrogen-bond donors (Lipinski definition) is 0. The summed E-state index contributed by atoms with van der Waals surface area (Å²) in [5.41, 5.74) is 2.84. The standard InChI is InChI=1S/C17H14N4O3S/c1-10-12(4-5-22-10)16-18-19-17-21(16)20-13(9-25-17)11-2-3-14-15(8-11)24-7-6-23-14/h2-5,8H,6-7,9H2,1H3. The fourth-order valence-electron chi connectivity index (χ4n) is 2.88. The van der Waals surface area contributed by atoms with Crippen molar-refractivity contribution in [1.82, 2.24) is 14.9 Å². The first-order valence-electron chi connectivity index (χ1n) is 7.90. The minimum absolute atomic E-state index is 0.567. The van der Waals surface area contributed by atoms with Gasteiger partial charge < -0.3 is 13.9 Å². The van der Waals surface area contributed by atoms with Crippen LogP contribution in [0.25, 0.3) is 11.4 Å². The predicted octanol–water partition coefficient (Wildman–Crippen LogP) is 2.98. The van der Waals surface area contributed by atoms with Crippen molar-refractivity contribution >= 4 is 17.5 Å². The van der Waals surface area contributed by atoms with E-state index in [1.54, 1.807) is 22.7 Å². The summed E-state index contributed by atoms with van der Waals surface area (Å²) < 4.78 is 18.4. The lowest BCUT2D eigenvalue weighted by Gasteiger charge is -2.20. The zero-order chi connectivity index (χ0) is 16.8. The molecule has 0 spiro atoms. The van der Waals surface area contributed by atoms with Gasteiger partial charge in [0, 0.05) is 11.3 Å². The van der Waals surface area contributed by atoms with Crippen LogP contribution in [0.3, 0.4) is 0 Å². The molecule has 0 amide bonds. The summed E-state index contributed by atoms with van der Waals surface area (Å²) in [6.07, 6.45) is 1.65. The lowest BCUT2D eigenvalue weighted by molar-refractivity contribution is 0.171. The Morgan fingerprint density at radius 2 is 1.96 bits per heavy atom. The molecule has 3 aromatic rings. The number of hydrogen-bond acceptors (Lipinski definition) is 7. The van der Waals surface area contributed by atoms with Gasteiger partial charge in [-0.3, -0.25) is 0 Å². The molecule has 0 unspecified atom stereocenters. The third kappa shape index (κ3) is 2.41. The van der Waals surface area contributed by atoms with Gasteiger partial charge in [-0.2, -0.15) is 9.78 Å². The highest BCUT2D eigenvalue weighted by atomic mass is 32.2. The van der Waals surface area contributed by atoms with E-state index in [4.69, 9.17) is 19.0 Å². The zero-order valence-electron chi connectivity index (χ0n) is 13.4. The number of aromatic nitrogens is 3. The molecule has 8 heteroatoms. The Bertz CT molecular complexity index is 992. The summed E-state index contributed by atoms with van der Waals surface area (Å²) in [4.78, 5) is 0. The summed E-state index contributed by atoms with van der Waals surface area (Å²) in [6.45, 7) is 3.05. The largest absolute Gasteiger partial charge is 0.486 e. The van der Waals surface area contributed by atoms with Crippen LogP contribution in [0, 0.1) is 6.92 Å². The van der Waals surface area contributed by atoms with Crippen LogP contribution < -0.4 is 9.47 Å². The monoisotopic (exact) mass is 354 g/mol. The van der Waals surface area contributed by atoms with Gasteiger partial charge in [-0.25, -0.2) is 0 Å². The first-order chi connectivity index (χ1) is 12.3. The van der Waals surface area contributed by atoms with E-state index >= 15 is 0 Å². The van der Waals surface area contributed by atoms with Crippen LogP contribution in [-0.4, -0.2) is 39.6 Å². The van der Waals surface area contributed by atoms with Gasteiger partial charge in [0.1, 0.15) is 19.0 Å². The third-order valence-electron chi connectivity index (χ3n) is 4.15. The number of thioether (sulfide) groups is 1. The molecule has 5 rings (SSSR count). The average Bonchev–Trinajstić information content (AvgIpc) is 3.26. The molecule has 126 valence electrons. The highest BCUT2D eigenvalue weighted by Gasteiger charge is 2.23. The van der Waals surface area contributed by atoms with Gasteiger partial charge in [0.15, 0.2) is 17.3 Å². The van der Waals surface area contributed by atoms with Crippen LogP contribution in [0.15, 0.2) is 45.2 Å². The fourth-order valence-corrected chi connectivity index (χ4v) is 3.72. The average molecular weight is 354 g/mol. The zero-order valence-corrected chi connectivity index (χ0v) is 14.2. The van der Waals surface area contributed by atoms with Gasteiger partial charge in [0.25, 0.3) is 0 Å². The second kappa shape index (κ2) is 5.66. The van der Waals surface area contributed by atoms with E-state index in [1.165, 1.54) is 0 Å². The van der Waals surface area contributed by atoms with Crippen molar-refractivity contribution in [2.45, 2.75) is 12.1 Å². The van der Waals surface area contributed by atoms with Crippen molar-refractivity contribution < 1.29 is 13.9 Å². The molecule has 0 N–H and O–H groups in total. The van der Waals surface area contributed by atoms with E-state index in [2.05, 4.69) is 10.2 Å². The number of furan rings is 1. The van der Waals surface area contributed by atoms with Crippen molar-refractivity contribution in [1.29, 1.82) is 0 Å². The number of ether oxygens (including phenoxy) is 2. The van der Waals surface area contributed by atoms with E-state index in [1.807, 2.05) is 31.2 Å². The lowest BCUT2D eigenvalue weighted by atomic mass is 10.1. The molecule has 2 aliphatic heterocycles. The Kier molecular flexibility index (Phi) is 3.30. The molecule has 2 aromatic heterocycles. The molecule has 0 aliphatic carbocycles. The molecule has 0 atom stereocenters. The van der Waals surface area contributed by atoms with Gasteiger partial charge >= 0.3 is 0 Å². The SMILES string of the molecule is Cc1occc1-c1nnc2n1N=C(c1ccc3c(c1)OCCO3)CS2. The molecule has 7 nitrogen and oxygen atoms in total. The molecule has 4 heterocycles.